The summed E-state index contributed by atoms with van der Waals surface area (Å²) in [5, 5.41) is 8.92. The van der Waals surface area contributed by atoms with Gasteiger partial charge in [-0.2, -0.15) is 17.9 Å². The molecule has 0 heterocycles. The molecule has 0 aromatic rings. The summed E-state index contributed by atoms with van der Waals surface area (Å²) in [6, 6.07) is -0.521. The summed E-state index contributed by atoms with van der Waals surface area (Å²) in [4.78, 5) is 10.9. The van der Waals surface area contributed by atoms with Gasteiger partial charge in [-0.3, -0.25) is 4.79 Å². The Kier molecular flexibility index (Phi) is 5.31. The fraction of sp³-hybridized carbons (Fsp3) is 0.889. The van der Waals surface area contributed by atoms with Crippen LogP contribution in [0.5, 0.6) is 0 Å². The largest absolute Gasteiger partial charge is 0.481 e. The van der Waals surface area contributed by atoms with Crippen LogP contribution in [0.4, 0.5) is 0 Å². The molecule has 1 fully saturated rings. The minimum Gasteiger partial charge on any atom is -0.481 e. The van der Waals surface area contributed by atoms with Crippen LogP contribution in [0, 0.1) is 5.92 Å². The van der Waals surface area contributed by atoms with Crippen molar-refractivity contribution in [3.8, 4) is 0 Å². The summed E-state index contributed by atoms with van der Waals surface area (Å²) in [5.41, 5.74) is 0. The van der Waals surface area contributed by atoms with E-state index in [4.69, 9.17) is 9.84 Å². The lowest BCUT2D eigenvalue weighted by atomic mass is 10.1. The summed E-state index contributed by atoms with van der Waals surface area (Å²) in [7, 11) is -2.18. The smallest absolute Gasteiger partial charge is 0.308 e. The number of nitrogens with one attached hydrogen (secondary N) is 2. The molecule has 2 unspecified atom stereocenters. The van der Waals surface area contributed by atoms with Crippen molar-refractivity contribution in [3.63, 3.8) is 0 Å². The van der Waals surface area contributed by atoms with Crippen LogP contribution in [-0.2, 0) is 19.7 Å². The fourth-order valence-electron chi connectivity index (χ4n) is 1.92. The van der Waals surface area contributed by atoms with Gasteiger partial charge in [0.15, 0.2) is 0 Å². The molecule has 0 aliphatic heterocycles. The highest BCUT2D eigenvalue weighted by Crippen LogP contribution is 2.26. The first-order valence-corrected chi connectivity index (χ1v) is 6.93. The molecule has 17 heavy (non-hydrogen) atoms. The predicted octanol–water partition coefficient (Wildman–Crippen LogP) is -0.690. The van der Waals surface area contributed by atoms with Crippen LogP contribution in [0.1, 0.15) is 19.3 Å². The molecule has 0 aromatic heterocycles. The number of carboxylic acid groups (broad SMARTS) is 1. The van der Waals surface area contributed by atoms with E-state index in [1.165, 1.54) is 7.11 Å². The second-order valence-corrected chi connectivity index (χ2v) is 5.52. The van der Waals surface area contributed by atoms with Crippen molar-refractivity contribution in [2.24, 2.45) is 5.92 Å². The van der Waals surface area contributed by atoms with Gasteiger partial charge in [0.05, 0.1) is 12.5 Å². The fourth-order valence-corrected chi connectivity index (χ4v) is 3.03. The van der Waals surface area contributed by atoms with E-state index >= 15 is 0 Å². The molecule has 0 spiro atoms. The SMILES string of the molecule is COCCNS(=O)(=O)NC1CCCC1C(=O)O. The maximum Gasteiger partial charge on any atom is 0.308 e. The van der Waals surface area contributed by atoms with Crippen molar-refractivity contribution in [2.45, 2.75) is 25.3 Å². The zero-order chi connectivity index (χ0) is 12.9. The molecule has 0 amide bonds. The second kappa shape index (κ2) is 6.29. The number of ether oxygens (including phenoxy) is 1. The predicted molar refractivity (Wildman–Crippen MR) is 60.7 cm³/mol. The maximum absolute atomic E-state index is 11.6. The van der Waals surface area contributed by atoms with Crippen LogP contribution in [-0.4, -0.2) is 45.8 Å². The molecule has 7 nitrogen and oxygen atoms in total. The van der Waals surface area contributed by atoms with Gasteiger partial charge in [-0.05, 0) is 12.8 Å². The molecule has 100 valence electrons. The van der Waals surface area contributed by atoms with Crippen LogP contribution in [0.15, 0.2) is 0 Å². The minimum atomic E-state index is -3.65. The summed E-state index contributed by atoms with van der Waals surface area (Å²) in [6.07, 6.45) is 1.80. The van der Waals surface area contributed by atoms with Crippen LogP contribution < -0.4 is 9.44 Å². The molecule has 1 aliphatic carbocycles. The first-order valence-electron chi connectivity index (χ1n) is 5.45. The van der Waals surface area contributed by atoms with Crippen molar-refractivity contribution in [1.29, 1.82) is 0 Å². The van der Waals surface area contributed by atoms with E-state index in [-0.39, 0.29) is 13.2 Å². The van der Waals surface area contributed by atoms with E-state index < -0.39 is 28.1 Å². The van der Waals surface area contributed by atoms with Gasteiger partial charge in [0.2, 0.25) is 0 Å². The molecule has 2 atom stereocenters. The molecular formula is C9H18N2O5S. The monoisotopic (exact) mass is 266 g/mol. The number of carboxylic acids is 1. The molecule has 0 saturated heterocycles. The number of hydrogen-bond donors (Lipinski definition) is 3. The Hall–Kier alpha value is -0.700. The highest BCUT2D eigenvalue weighted by atomic mass is 32.2. The number of hydrogen-bond acceptors (Lipinski definition) is 4. The number of rotatable bonds is 7. The standard InChI is InChI=1S/C9H18N2O5S/c1-16-6-5-10-17(14,15)11-8-4-2-3-7(8)9(12)13/h7-8,10-11H,2-6H2,1H3,(H,12,13). The average Bonchev–Trinajstić information content (AvgIpc) is 2.65. The van der Waals surface area contributed by atoms with Gasteiger partial charge in [-0.15, -0.1) is 0 Å². The van der Waals surface area contributed by atoms with E-state index in [1.807, 2.05) is 0 Å². The summed E-state index contributed by atoms with van der Waals surface area (Å²) < 4.78 is 32.5. The van der Waals surface area contributed by atoms with Crippen molar-refractivity contribution in [3.05, 3.63) is 0 Å². The summed E-state index contributed by atoms with van der Waals surface area (Å²) in [6.45, 7) is 0.435. The van der Waals surface area contributed by atoms with E-state index in [2.05, 4.69) is 9.44 Å². The maximum atomic E-state index is 11.6. The van der Waals surface area contributed by atoms with Crippen molar-refractivity contribution < 1.29 is 23.1 Å². The van der Waals surface area contributed by atoms with E-state index in [0.29, 0.717) is 12.8 Å². The van der Waals surface area contributed by atoms with Gasteiger partial charge in [0.25, 0.3) is 10.2 Å². The molecule has 8 heteroatoms. The normalized spacial score (nSPS) is 25.0. The van der Waals surface area contributed by atoms with E-state index in [0.717, 1.165) is 6.42 Å². The van der Waals surface area contributed by atoms with Gasteiger partial charge in [-0.1, -0.05) is 6.42 Å². The Labute approximate surface area is 101 Å². The number of methoxy groups -OCH3 is 1. The molecule has 0 bridgehead atoms. The van der Waals surface area contributed by atoms with Gasteiger partial charge in [-0.25, -0.2) is 0 Å². The third-order valence-corrected chi connectivity index (χ3v) is 3.94. The van der Waals surface area contributed by atoms with E-state index in [1.54, 1.807) is 0 Å². The first kappa shape index (κ1) is 14.4. The topological polar surface area (TPSA) is 105 Å². The Bertz CT molecular complexity index is 356. The molecule has 0 radical (unpaired) electrons. The quantitative estimate of drug-likeness (QED) is 0.529. The highest BCUT2D eigenvalue weighted by Gasteiger charge is 2.35. The molecule has 1 aliphatic rings. The van der Waals surface area contributed by atoms with Crippen LogP contribution in [0.25, 0.3) is 0 Å². The summed E-state index contributed by atoms with van der Waals surface area (Å²) in [5.74, 6) is -1.58. The Morgan fingerprint density at radius 2 is 2.18 bits per heavy atom. The molecule has 3 N–H and O–H groups in total. The molecular weight excluding hydrogens is 248 g/mol. The molecule has 1 rings (SSSR count). The first-order chi connectivity index (χ1) is 7.96. The van der Waals surface area contributed by atoms with Crippen LogP contribution in [0.2, 0.25) is 0 Å². The van der Waals surface area contributed by atoms with Crippen LogP contribution in [0.3, 0.4) is 0 Å². The van der Waals surface area contributed by atoms with Crippen LogP contribution >= 0.6 is 0 Å². The highest BCUT2D eigenvalue weighted by molar-refractivity contribution is 7.87. The second-order valence-electron chi connectivity index (χ2n) is 3.99. The lowest BCUT2D eigenvalue weighted by Crippen LogP contribution is -2.46. The van der Waals surface area contributed by atoms with E-state index in [9.17, 15) is 13.2 Å². The van der Waals surface area contributed by atoms with Crippen molar-refractivity contribution >= 4 is 16.2 Å². The van der Waals surface area contributed by atoms with Gasteiger partial charge in [0.1, 0.15) is 0 Å². The average molecular weight is 266 g/mol. The third kappa shape index (κ3) is 4.58. The Morgan fingerprint density at radius 1 is 1.47 bits per heavy atom. The number of carbonyl (C=O) groups is 1. The lowest BCUT2D eigenvalue weighted by molar-refractivity contribution is -0.141. The zero-order valence-corrected chi connectivity index (χ0v) is 10.5. The molecule has 0 aromatic carbocycles. The Morgan fingerprint density at radius 3 is 2.76 bits per heavy atom. The number of aliphatic carboxylic acids is 1. The van der Waals surface area contributed by atoms with Gasteiger partial charge >= 0.3 is 5.97 Å². The van der Waals surface area contributed by atoms with Crippen molar-refractivity contribution in [2.75, 3.05) is 20.3 Å². The Balaban J connectivity index is 2.49. The van der Waals surface area contributed by atoms with Gasteiger partial charge < -0.3 is 9.84 Å². The lowest BCUT2D eigenvalue weighted by Gasteiger charge is -2.17. The third-order valence-electron chi connectivity index (χ3n) is 2.74. The minimum absolute atomic E-state index is 0.163. The molecule has 1 saturated carbocycles. The zero-order valence-electron chi connectivity index (χ0n) is 9.68. The van der Waals surface area contributed by atoms with Crippen molar-refractivity contribution in [1.82, 2.24) is 9.44 Å². The van der Waals surface area contributed by atoms with Gasteiger partial charge in [0, 0.05) is 19.7 Å². The summed E-state index contributed by atoms with van der Waals surface area (Å²) >= 11 is 0.